The summed E-state index contributed by atoms with van der Waals surface area (Å²) in [6.45, 7) is 2.74. The first-order valence-electron chi connectivity index (χ1n) is 7.82. The van der Waals surface area contributed by atoms with Crippen LogP contribution >= 0.6 is 27.7 Å². The Bertz CT molecular complexity index is 823. The molecule has 0 aromatic heterocycles. The zero-order chi connectivity index (χ0) is 20.1. The third-order valence-corrected chi connectivity index (χ3v) is 4.95. The molecule has 2 amide bonds. The second-order valence-corrected chi connectivity index (χ2v) is 7.20. The molecule has 0 radical (unpaired) electrons. The van der Waals surface area contributed by atoms with Gasteiger partial charge in [-0.2, -0.15) is 0 Å². The number of aliphatic carboxylic acids is 1. The van der Waals surface area contributed by atoms with Crippen LogP contribution in [0.15, 0.2) is 27.6 Å². The molecule has 1 heterocycles. The average Bonchev–Trinajstić information content (AvgIpc) is 2.87. The smallest absolute Gasteiger partial charge is 0.341 e. The summed E-state index contributed by atoms with van der Waals surface area (Å²) in [5.74, 6) is -1.99. The van der Waals surface area contributed by atoms with Gasteiger partial charge in [0.15, 0.2) is 6.61 Å². The number of nitrogens with zero attached hydrogens (tertiary/aromatic N) is 1. The third-order valence-electron chi connectivity index (χ3n) is 3.44. The number of ether oxygens (including phenoxy) is 2. The van der Waals surface area contributed by atoms with Crippen molar-refractivity contribution in [1.29, 1.82) is 0 Å². The average molecular weight is 458 g/mol. The maximum Gasteiger partial charge on any atom is 0.341 e. The maximum atomic E-state index is 12.5. The largest absolute Gasteiger partial charge is 0.481 e. The number of carbonyl (C=O) groups excluding carboxylic acids is 3. The minimum atomic E-state index is -1.10. The van der Waals surface area contributed by atoms with Crippen LogP contribution in [0.25, 0.3) is 6.08 Å². The lowest BCUT2D eigenvalue weighted by atomic mass is 10.2. The summed E-state index contributed by atoms with van der Waals surface area (Å²) in [6, 6.07) is 3.77. The normalized spacial score (nSPS) is 16.6. The molecule has 1 unspecified atom stereocenters. The molecule has 1 fully saturated rings. The fourth-order valence-corrected chi connectivity index (χ4v) is 3.62. The quantitative estimate of drug-likeness (QED) is 0.491. The van der Waals surface area contributed by atoms with Gasteiger partial charge < -0.3 is 14.6 Å². The molecule has 1 atom stereocenters. The zero-order valence-corrected chi connectivity index (χ0v) is 16.8. The highest BCUT2D eigenvalue weighted by molar-refractivity contribution is 9.10. The summed E-state index contributed by atoms with van der Waals surface area (Å²) < 4.78 is 10.5. The number of amides is 2. The van der Waals surface area contributed by atoms with Crippen molar-refractivity contribution in [2.24, 2.45) is 0 Å². The second-order valence-electron chi connectivity index (χ2n) is 5.35. The molecule has 0 aliphatic carbocycles. The first kappa shape index (κ1) is 21.0. The van der Waals surface area contributed by atoms with Crippen LogP contribution in [0.1, 0.15) is 19.4 Å². The second kappa shape index (κ2) is 9.05. The molecular formula is C17H16BrNO7S. The lowest BCUT2D eigenvalue weighted by molar-refractivity contribution is -0.150. The van der Waals surface area contributed by atoms with E-state index in [1.54, 1.807) is 25.1 Å². The zero-order valence-electron chi connectivity index (χ0n) is 14.4. The Balaban J connectivity index is 2.18. The highest BCUT2D eigenvalue weighted by Gasteiger charge is 2.41. The minimum absolute atomic E-state index is 0.152. The molecule has 0 saturated carbocycles. The molecule has 1 aromatic rings. The van der Waals surface area contributed by atoms with Crippen molar-refractivity contribution in [1.82, 2.24) is 4.90 Å². The van der Waals surface area contributed by atoms with Crippen molar-refractivity contribution in [2.75, 3.05) is 13.2 Å². The van der Waals surface area contributed by atoms with E-state index in [4.69, 9.17) is 14.6 Å². The van der Waals surface area contributed by atoms with Crippen molar-refractivity contribution in [3.8, 4) is 5.75 Å². The fraction of sp³-hybridized carbons (Fsp3) is 0.294. The van der Waals surface area contributed by atoms with Gasteiger partial charge in [0.25, 0.3) is 11.1 Å². The predicted octanol–water partition coefficient (Wildman–Crippen LogP) is 2.90. The number of hydrogen-bond donors (Lipinski definition) is 1. The lowest BCUT2D eigenvalue weighted by Gasteiger charge is -2.19. The monoisotopic (exact) mass is 457 g/mol. The molecule has 10 heteroatoms. The first-order valence-corrected chi connectivity index (χ1v) is 9.43. The maximum absolute atomic E-state index is 12.5. The van der Waals surface area contributed by atoms with Crippen molar-refractivity contribution < 1.29 is 33.8 Å². The Morgan fingerprint density at radius 1 is 1.37 bits per heavy atom. The van der Waals surface area contributed by atoms with Gasteiger partial charge in [-0.15, -0.1) is 0 Å². The topological polar surface area (TPSA) is 110 Å². The molecule has 27 heavy (non-hydrogen) atoms. The number of esters is 1. The number of carboxylic acid groups (broad SMARTS) is 1. The number of rotatable bonds is 7. The summed E-state index contributed by atoms with van der Waals surface area (Å²) in [4.78, 5) is 48.1. The standard InChI is InChI=1S/C17H16BrNO7S/c1-3-25-16(23)9(2)19-15(22)13(27-17(19)24)7-10-4-5-12(11(18)6-10)26-8-14(20)21/h4-7,9H,3,8H2,1-2H3,(H,20,21)/b13-7+. The van der Waals surface area contributed by atoms with Crippen LogP contribution < -0.4 is 4.74 Å². The number of hydrogen-bond acceptors (Lipinski definition) is 7. The van der Waals surface area contributed by atoms with E-state index in [0.717, 1.165) is 16.7 Å². The molecule has 1 N–H and O–H groups in total. The van der Waals surface area contributed by atoms with Gasteiger partial charge in [0.2, 0.25) is 0 Å². The highest BCUT2D eigenvalue weighted by atomic mass is 79.9. The molecule has 2 rings (SSSR count). The summed E-state index contributed by atoms with van der Waals surface area (Å²) >= 11 is 4.00. The van der Waals surface area contributed by atoms with E-state index >= 15 is 0 Å². The van der Waals surface area contributed by atoms with Gasteiger partial charge in [-0.05, 0) is 65.3 Å². The number of imide groups is 1. The van der Waals surface area contributed by atoms with E-state index in [0.29, 0.717) is 15.8 Å². The summed E-state index contributed by atoms with van der Waals surface area (Å²) in [6.07, 6.45) is 1.51. The molecular weight excluding hydrogens is 442 g/mol. The molecule has 144 valence electrons. The Morgan fingerprint density at radius 3 is 2.67 bits per heavy atom. The van der Waals surface area contributed by atoms with Gasteiger partial charge >= 0.3 is 11.9 Å². The molecule has 1 saturated heterocycles. The molecule has 1 aromatic carbocycles. The van der Waals surface area contributed by atoms with E-state index in [2.05, 4.69) is 15.9 Å². The van der Waals surface area contributed by atoms with E-state index in [1.807, 2.05) is 0 Å². The molecule has 8 nitrogen and oxygen atoms in total. The Kier molecular flexibility index (Phi) is 7.03. The summed E-state index contributed by atoms with van der Waals surface area (Å²) in [7, 11) is 0. The number of carboxylic acids is 1. The van der Waals surface area contributed by atoms with Crippen molar-refractivity contribution in [2.45, 2.75) is 19.9 Å². The number of halogens is 1. The van der Waals surface area contributed by atoms with Gasteiger partial charge in [0.05, 0.1) is 16.0 Å². The third kappa shape index (κ3) is 5.10. The first-order chi connectivity index (χ1) is 12.7. The summed E-state index contributed by atoms with van der Waals surface area (Å²) in [5.41, 5.74) is 0.596. The minimum Gasteiger partial charge on any atom is -0.481 e. The predicted molar refractivity (Wildman–Crippen MR) is 101 cm³/mol. The van der Waals surface area contributed by atoms with Crippen LogP contribution in [0.5, 0.6) is 5.75 Å². The fourth-order valence-electron chi connectivity index (χ4n) is 2.20. The number of thioether (sulfide) groups is 1. The molecule has 0 spiro atoms. The van der Waals surface area contributed by atoms with Gasteiger partial charge in [-0.25, -0.2) is 9.59 Å². The van der Waals surface area contributed by atoms with E-state index < -0.39 is 35.7 Å². The van der Waals surface area contributed by atoms with Gasteiger partial charge in [-0.1, -0.05) is 6.07 Å². The van der Waals surface area contributed by atoms with Gasteiger partial charge in [-0.3, -0.25) is 14.5 Å². The van der Waals surface area contributed by atoms with Gasteiger partial charge in [0.1, 0.15) is 11.8 Å². The van der Waals surface area contributed by atoms with Crippen LogP contribution in [-0.2, 0) is 19.1 Å². The van der Waals surface area contributed by atoms with Crippen molar-refractivity contribution in [3.63, 3.8) is 0 Å². The van der Waals surface area contributed by atoms with Gasteiger partial charge in [0, 0.05) is 0 Å². The lowest BCUT2D eigenvalue weighted by Crippen LogP contribution is -2.42. The van der Waals surface area contributed by atoms with Crippen molar-refractivity contribution >= 4 is 56.9 Å². The van der Waals surface area contributed by atoms with Crippen LogP contribution in [0.3, 0.4) is 0 Å². The Labute approximate surface area is 167 Å². The van der Waals surface area contributed by atoms with Crippen LogP contribution in [0.4, 0.5) is 4.79 Å². The SMILES string of the molecule is CCOC(=O)C(C)N1C(=O)S/C(=C/c2ccc(OCC(=O)O)c(Br)c2)C1=O. The molecule has 0 bridgehead atoms. The van der Waals surface area contributed by atoms with E-state index in [-0.39, 0.29) is 11.5 Å². The van der Waals surface area contributed by atoms with Crippen LogP contribution in [0, 0.1) is 0 Å². The summed E-state index contributed by atoms with van der Waals surface area (Å²) in [5, 5.41) is 8.10. The molecule has 1 aliphatic rings. The Morgan fingerprint density at radius 2 is 2.07 bits per heavy atom. The van der Waals surface area contributed by atoms with E-state index in [9.17, 15) is 19.2 Å². The van der Waals surface area contributed by atoms with Crippen LogP contribution in [-0.4, -0.2) is 52.3 Å². The van der Waals surface area contributed by atoms with Crippen LogP contribution in [0.2, 0.25) is 0 Å². The Hall–Kier alpha value is -2.33. The van der Waals surface area contributed by atoms with Crippen molar-refractivity contribution in [3.05, 3.63) is 33.1 Å². The highest BCUT2D eigenvalue weighted by Crippen LogP contribution is 2.35. The number of benzene rings is 1. The number of carbonyl (C=O) groups is 4. The van der Waals surface area contributed by atoms with E-state index in [1.165, 1.54) is 13.0 Å². The molecule has 1 aliphatic heterocycles.